The fourth-order valence-electron chi connectivity index (χ4n) is 1.82. The second kappa shape index (κ2) is 7.08. The molecule has 0 radical (unpaired) electrons. The van der Waals surface area contributed by atoms with Gasteiger partial charge in [0.05, 0.1) is 11.1 Å². The fraction of sp³-hybridized carbons (Fsp3) is 0.0588. The van der Waals surface area contributed by atoms with Crippen molar-refractivity contribution in [2.75, 3.05) is 6.61 Å². The summed E-state index contributed by atoms with van der Waals surface area (Å²) in [5.41, 5.74) is 1.34. The summed E-state index contributed by atoms with van der Waals surface area (Å²) in [6.07, 6.45) is 4.10. The van der Waals surface area contributed by atoms with Crippen LogP contribution in [-0.4, -0.2) is 28.8 Å². The van der Waals surface area contributed by atoms with E-state index in [0.717, 1.165) is 5.75 Å². The molecule has 0 amide bonds. The van der Waals surface area contributed by atoms with E-state index in [0.29, 0.717) is 6.61 Å². The summed E-state index contributed by atoms with van der Waals surface area (Å²) in [6.45, 7) is 0.705. The highest BCUT2D eigenvalue weighted by atomic mass is 16.5. The van der Waals surface area contributed by atoms with Gasteiger partial charge in [-0.25, -0.2) is 9.59 Å². The second-order valence-electron chi connectivity index (χ2n) is 4.44. The number of aromatic carboxylic acids is 2. The Kier molecular flexibility index (Phi) is 4.93. The van der Waals surface area contributed by atoms with Gasteiger partial charge in [0.2, 0.25) is 0 Å². The number of benzene rings is 2. The number of carboxylic acids is 2. The molecule has 0 aromatic heterocycles. The van der Waals surface area contributed by atoms with Crippen LogP contribution in [0.1, 0.15) is 26.3 Å². The van der Waals surface area contributed by atoms with Crippen LogP contribution < -0.4 is 4.74 Å². The van der Waals surface area contributed by atoms with Crippen LogP contribution in [0.25, 0.3) is 6.08 Å². The maximum absolute atomic E-state index is 10.3. The van der Waals surface area contributed by atoms with Crippen LogP contribution in [0.5, 0.6) is 5.75 Å². The molecule has 0 saturated heterocycles. The van der Waals surface area contributed by atoms with Crippen molar-refractivity contribution in [3.8, 4) is 5.75 Å². The molecule has 2 aromatic carbocycles. The maximum Gasteiger partial charge on any atom is 0.335 e. The predicted octanol–water partition coefficient (Wildman–Crippen LogP) is 3.18. The Hall–Kier alpha value is -3.08. The number of rotatable bonds is 2. The summed E-state index contributed by atoms with van der Waals surface area (Å²) in [4.78, 5) is 20.7. The molecule has 5 heteroatoms. The lowest BCUT2D eigenvalue weighted by molar-refractivity contribution is 0.0681. The number of hydrogen-bond donors (Lipinski definition) is 2. The summed E-state index contributed by atoms with van der Waals surface area (Å²) < 4.78 is 5.34. The SMILES string of the molecule is C1=Cc2ccccc2OC1.O=C(O)c1ccc(C(=O)O)cc1. The van der Waals surface area contributed by atoms with Gasteiger partial charge < -0.3 is 14.9 Å². The van der Waals surface area contributed by atoms with Gasteiger partial charge in [-0.1, -0.05) is 24.3 Å². The molecule has 0 aliphatic carbocycles. The third-order valence-electron chi connectivity index (χ3n) is 2.93. The molecule has 0 bridgehead atoms. The molecule has 22 heavy (non-hydrogen) atoms. The van der Waals surface area contributed by atoms with Crippen molar-refractivity contribution in [1.29, 1.82) is 0 Å². The van der Waals surface area contributed by atoms with Crippen LogP contribution in [0.15, 0.2) is 54.6 Å². The van der Waals surface area contributed by atoms with Crippen molar-refractivity contribution in [3.63, 3.8) is 0 Å². The van der Waals surface area contributed by atoms with Crippen molar-refractivity contribution >= 4 is 18.0 Å². The highest BCUT2D eigenvalue weighted by Crippen LogP contribution is 2.21. The Bertz CT molecular complexity index is 668. The van der Waals surface area contributed by atoms with Crippen LogP contribution >= 0.6 is 0 Å². The smallest absolute Gasteiger partial charge is 0.335 e. The molecule has 1 aliphatic heterocycles. The molecule has 1 aliphatic rings. The quantitative estimate of drug-likeness (QED) is 0.889. The van der Waals surface area contributed by atoms with E-state index in [4.69, 9.17) is 14.9 Å². The third kappa shape index (κ3) is 3.96. The Labute approximate surface area is 127 Å². The van der Waals surface area contributed by atoms with E-state index in [1.165, 1.54) is 29.8 Å². The first-order valence-electron chi connectivity index (χ1n) is 6.53. The van der Waals surface area contributed by atoms with E-state index in [1.54, 1.807) is 0 Å². The monoisotopic (exact) mass is 298 g/mol. The average molecular weight is 298 g/mol. The normalized spacial score (nSPS) is 11.5. The lowest BCUT2D eigenvalue weighted by atomic mass is 10.1. The molecule has 2 aromatic rings. The van der Waals surface area contributed by atoms with Crippen molar-refractivity contribution in [3.05, 3.63) is 71.3 Å². The molecular weight excluding hydrogens is 284 g/mol. The van der Waals surface area contributed by atoms with Gasteiger partial charge in [-0.3, -0.25) is 0 Å². The minimum Gasteiger partial charge on any atom is -0.489 e. The molecule has 3 rings (SSSR count). The minimum absolute atomic E-state index is 0.0833. The Morgan fingerprint density at radius 1 is 0.864 bits per heavy atom. The maximum atomic E-state index is 10.3. The van der Waals surface area contributed by atoms with Gasteiger partial charge in [0, 0.05) is 5.56 Å². The van der Waals surface area contributed by atoms with Gasteiger partial charge in [-0.05, 0) is 36.4 Å². The Balaban J connectivity index is 0.000000162. The first-order valence-corrected chi connectivity index (χ1v) is 6.53. The van der Waals surface area contributed by atoms with E-state index in [2.05, 4.69) is 6.08 Å². The molecule has 0 saturated carbocycles. The average Bonchev–Trinajstić information content (AvgIpc) is 2.55. The van der Waals surface area contributed by atoms with E-state index >= 15 is 0 Å². The molecule has 0 fully saturated rings. The van der Waals surface area contributed by atoms with Crippen LogP contribution in [0, 0.1) is 0 Å². The summed E-state index contributed by atoms with van der Waals surface area (Å²) in [5.74, 6) is -1.14. The van der Waals surface area contributed by atoms with Crippen molar-refractivity contribution in [2.45, 2.75) is 0 Å². The molecule has 0 atom stereocenters. The summed E-state index contributed by atoms with van der Waals surface area (Å²) >= 11 is 0. The standard InChI is InChI=1S/C9H8O.C8H6O4/c1-2-6-9-8(4-1)5-3-7-10-9;9-7(10)5-1-2-6(4-3-5)8(11)12/h1-6H,7H2;1-4H,(H,9,10)(H,11,12). The second-order valence-corrected chi connectivity index (χ2v) is 4.44. The molecule has 112 valence electrons. The van der Waals surface area contributed by atoms with Gasteiger partial charge in [0.1, 0.15) is 12.4 Å². The first-order chi connectivity index (χ1) is 10.6. The van der Waals surface area contributed by atoms with Gasteiger partial charge >= 0.3 is 11.9 Å². The van der Waals surface area contributed by atoms with E-state index < -0.39 is 11.9 Å². The first kappa shape index (κ1) is 15.3. The Morgan fingerprint density at radius 3 is 1.91 bits per heavy atom. The number of carboxylic acid groups (broad SMARTS) is 2. The number of fused-ring (bicyclic) bond motifs is 1. The molecule has 0 spiro atoms. The predicted molar refractivity (Wildman–Crippen MR) is 81.3 cm³/mol. The molecule has 0 unspecified atom stereocenters. The molecule has 2 N–H and O–H groups in total. The zero-order chi connectivity index (χ0) is 15.9. The van der Waals surface area contributed by atoms with E-state index in [9.17, 15) is 9.59 Å². The number of hydrogen-bond acceptors (Lipinski definition) is 3. The lowest BCUT2D eigenvalue weighted by Gasteiger charge is -2.10. The van der Waals surface area contributed by atoms with Crippen LogP contribution in [-0.2, 0) is 0 Å². The minimum atomic E-state index is -1.06. The summed E-state index contributed by atoms with van der Waals surface area (Å²) in [6, 6.07) is 13.1. The zero-order valence-electron chi connectivity index (χ0n) is 11.6. The van der Waals surface area contributed by atoms with Crippen molar-refractivity contribution in [2.24, 2.45) is 0 Å². The topological polar surface area (TPSA) is 83.8 Å². The largest absolute Gasteiger partial charge is 0.489 e. The number of para-hydroxylation sites is 1. The number of ether oxygens (including phenoxy) is 1. The van der Waals surface area contributed by atoms with Crippen LogP contribution in [0.3, 0.4) is 0 Å². The molecular formula is C17H14O5. The lowest BCUT2D eigenvalue weighted by Crippen LogP contribution is -1.99. The highest BCUT2D eigenvalue weighted by molar-refractivity contribution is 5.91. The van der Waals surface area contributed by atoms with E-state index in [-0.39, 0.29) is 11.1 Å². The van der Waals surface area contributed by atoms with Gasteiger partial charge in [-0.2, -0.15) is 0 Å². The van der Waals surface area contributed by atoms with Crippen LogP contribution in [0.2, 0.25) is 0 Å². The van der Waals surface area contributed by atoms with Gasteiger partial charge in [-0.15, -0.1) is 0 Å². The summed E-state index contributed by atoms with van der Waals surface area (Å²) in [5, 5.41) is 16.9. The highest BCUT2D eigenvalue weighted by Gasteiger charge is 2.05. The molecule has 5 nitrogen and oxygen atoms in total. The molecule has 1 heterocycles. The number of carbonyl (C=O) groups is 2. The fourth-order valence-corrected chi connectivity index (χ4v) is 1.82. The van der Waals surface area contributed by atoms with Crippen molar-refractivity contribution in [1.82, 2.24) is 0 Å². The zero-order valence-corrected chi connectivity index (χ0v) is 11.6. The van der Waals surface area contributed by atoms with Crippen LogP contribution in [0.4, 0.5) is 0 Å². The van der Waals surface area contributed by atoms with E-state index in [1.807, 2.05) is 30.3 Å². The van der Waals surface area contributed by atoms with Gasteiger partial charge in [0.15, 0.2) is 0 Å². The Morgan fingerprint density at radius 2 is 1.41 bits per heavy atom. The van der Waals surface area contributed by atoms with Gasteiger partial charge in [0.25, 0.3) is 0 Å². The van der Waals surface area contributed by atoms with Crippen molar-refractivity contribution < 1.29 is 24.5 Å². The third-order valence-corrected chi connectivity index (χ3v) is 2.93. The summed E-state index contributed by atoms with van der Waals surface area (Å²) in [7, 11) is 0.